The predicted octanol–water partition coefficient (Wildman–Crippen LogP) is 3.28. The Kier molecular flexibility index (Phi) is 5.58. The van der Waals surface area contributed by atoms with Gasteiger partial charge < -0.3 is 5.43 Å². The molecule has 2 aromatic carbocycles. The fraction of sp³-hybridized carbons (Fsp3) is 0.222. The minimum absolute atomic E-state index is 0.168. The summed E-state index contributed by atoms with van der Waals surface area (Å²) in [6.45, 7) is 2.98. The Morgan fingerprint density at radius 2 is 1.79 bits per heavy atom. The summed E-state index contributed by atoms with van der Waals surface area (Å²) in [6, 6.07) is 11.0. The molecule has 1 unspecified atom stereocenters. The molecule has 144 valence electrons. The first-order valence-corrected chi connectivity index (χ1v) is 8.59. The van der Waals surface area contributed by atoms with Crippen molar-refractivity contribution in [1.29, 1.82) is 0 Å². The number of hydrazone groups is 2. The Hall–Kier alpha value is -3.82. The molecule has 0 bridgehead atoms. The van der Waals surface area contributed by atoms with Crippen LogP contribution in [0.5, 0.6) is 0 Å². The molecule has 10 heteroatoms. The molecule has 1 aliphatic heterocycles. The van der Waals surface area contributed by atoms with E-state index < -0.39 is 9.85 Å². The third-order valence-corrected chi connectivity index (χ3v) is 4.38. The van der Waals surface area contributed by atoms with E-state index in [9.17, 15) is 20.2 Å². The molecule has 0 radical (unpaired) electrons. The minimum Gasteiger partial charge on any atom is -0.310 e. The number of nitrogens with one attached hydrogen (secondary N) is 2. The number of rotatable bonds is 6. The van der Waals surface area contributed by atoms with E-state index in [0.29, 0.717) is 11.6 Å². The number of benzene rings is 2. The lowest BCUT2D eigenvalue weighted by Crippen LogP contribution is -2.27. The highest BCUT2D eigenvalue weighted by Crippen LogP contribution is 2.26. The molecular formula is C18H18N6O4. The van der Waals surface area contributed by atoms with Crippen LogP contribution in [0.2, 0.25) is 0 Å². The van der Waals surface area contributed by atoms with Crippen LogP contribution in [0.25, 0.3) is 0 Å². The summed E-state index contributed by atoms with van der Waals surface area (Å²) in [5.74, 6) is 0.359. The molecule has 1 atom stereocenters. The largest absolute Gasteiger partial charge is 0.310 e. The van der Waals surface area contributed by atoms with Crippen LogP contribution in [-0.4, -0.2) is 28.3 Å². The summed E-state index contributed by atoms with van der Waals surface area (Å²) < 4.78 is 0. The van der Waals surface area contributed by atoms with Crippen molar-refractivity contribution in [2.75, 3.05) is 12.0 Å². The minimum atomic E-state index is -0.677. The van der Waals surface area contributed by atoms with Crippen molar-refractivity contribution in [2.45, 2.75) is 13.3 Å². The molecule has 28 heavy (non-hydrogen) atoms. The van der Waals surface area contributed by atoms with E-state index in [-0.39, 0.29) is 16.9 Å². The molecule has 2 aromatic rings. The van der Waals surface area contributed by atoms with E-state index >= 15 is 0 Å². The number of nitro groups is 2. The van der Waals surface area contributed by atoms with Crippen LogP contribution >= 0.6 is 0 Å². The quantitative estimate of drug-likeness (QED) is 0.447. The fourth-order valence-corrected chi connectivity index (χ4v) is 2.90. The van der Waals surface area contributed by atoms with Crippen molar-refractivity contribution in [3.05, 3.63) is 73.8 Å². The molecule has 0 saturated heterocycles. The van der Waals surface area contributed by atoms with E-state index in [1.807, 2.05) is 12.1 Å². The predicted molar refractivity (Wildman–Crippen MR) is 106 cm³/mol. The summed E-state index contributed by atoms with van der Waals surface area (Å²) in [5.41, 5.74) is 7.41. The maximum atomic E-state index is 11.1. The summed E-state index contributed by atoms with van der Waals surface area (Å²) in [6.07, 6.45) is 2.10. The van der Waals surface area contributed by atoms with Crippen LogP contribution in [0.15, 0.2) is 52.7 Å². The van der Waals surface area contributed by atoms with E-state index in [2.05, 4.69) is 28.0 Å². The maximum absolute atomic E-state index is 11.1. The monoisotopic (exact) mass is 382 g/mol. The Bertz CT molecular complexity index is 923. The summed E-state index contributed by atoms with van der Waals surface area (Å²) in [5, 5.41) is 30.5. The van der Waals surface area contributed by atoms with Gasteiger partial charge in [0.25, 0.3) is 11.4 Å². The van der Waals surface area contributed by atoms with Gasteiger partial charge in [0, 0.05) is 24.6 Å². The van der Waals surface area contributed by atoms with Gasteiger partial charge in [0.2, 0.25) is 0 Å². The topological polar surface area (TPSA) is 135 Å². The van der Waals surface area contributed by atoms with Gasteiger partial charge >= 0.3 is 0 Å². The lowest BCUT2D eigenvalue weighted by molar-refractivity contribution is -0.394. The molecule has 0 fully saturated rings. The Labute approximate surface area is 160 Å². The van der Waals surface area contributed by atoms with Crippen molar-refractivity contribution >= 4 is 29.0 Å². The summed E-state index contributed by atoms with van der Waals surface area (Å²) >= 11 is 0. The first-order chi connectivity index (χ1) is 13.5. The highest BCUT2D eigenvalue weighted by Gasteiger charge is 2.23. The summed E-state index contributed by atoms with van der Waals surface area (Å²) in [4.78, 5) is 20.9. The molecule has 0 spiro atoms. The molecule has 1 aliphatic rings. The van der Waals surface area contributed by atoms with E-state index in [0.717, 1.165) is 30.5 Å². The highest BCUT2D eigenvalue weighted by atomic mass is 16.6. The zero-order chi connectivity index (χ0) is 20.1. The zero-order valence-corrected chi connectivity index (χ0v) is 15.0. The molecule has 0 amide bonds. The van der Waals surface area contributed by atoms with Crippen molar-refractivity contribution < 1.29 is 9.85 Å². The molecule has 0 aliphatic carbocycles. The fourth-order valence-electron chi connectivity index (χ4n) is 2.90. The normalized spacial score (nSPS) is 16.3. The number of hydrogen-bond acceptors (Lipinski definition) is 8. The van der Waals surface area contributed by atoms with Gasteiger partial charge in [-0.3, -0.25) is 25.7 Å². The number of nitro benzene ring substituents is 2. The Balaban J connectivity index is 1.78. The van der Waals surface area contributed by atoms with Gasteiger partial charge in [-0.1, -0.05) is 19.1 Å². The third-order valence-electron chi connectivity index (χ3n) is 4.38. The number of nitrogens with zero attached hydrogens (tertiary/aromatic N) is 4. The first kappa shape index (κ1) is 19.0. The van der Waals surface area contributed by atoms with Gasteiger partial charge in [-0.05, 0) is 30.2 Å². The van der Waals surface area contributed by atoms with Crippen LogP contribution in [0.1, 0.15) is 24.5 Å². The first-order valence-electron chi connectivity index (χ1n) is 8.59. The maximum Gasteiger partial charge on any atom is 0.285 e. The molecule has 2 N–H and O–H groups in total. The Morgan fingerprint density at radius 1 is 1.14 bits per heavy atom. The second-order valence-electron chi connectivity index (χ2n) is 6.27. The smallest absolute Gasteiger partial charge is 0.285 e. The molecule has 1 heterocycles. The molecule has 0 saturated carbocycles. The van der Waals surface area contributed by atoms with Crippen LogP contribution in [0.3, 0.4) is 0 Å². The SMILES string of the molecule is CC1CCNN=C1c1ccc(NN=Cc2c([N+](=O)[O-])cccc2[N+](=O)[O-])cc1. The van der Waals surface area contributed by atoms with Crippen LogP contribution < -0.4 is 10.9 Å². The lowest BCUT2D eigenvalue weighted by Gasteiger charge is -2.20. The number of anilines is 1. The van der Waals surface area contributed by atoms with E-state index in [1.165, 1.54) is 18.2 Å². The van der Waals surface area contributed by atoms with Crippen molar-refractivity contribution in [2.24, 2.45) is 16.1 Å². The lowest BCUT2D eigenvalue weighted by atomic mass is 9.94. The van der Waals surface area contributed by atoms with Gasteiger partial charge in [-0.25, -0.2) is 0 Å². The van der Waals surface area contributed by atoms with Crippen molar-refractivity contribution in [3.63, 3.8) is 0 Å². The summed E-state index contributed by atoms with van der Waals surface area (Å²) in [7, 11) is 0. The highest BCUT2D eigenvalue weighted by molar-refractivity contribution is 6.02. The second-order valence-corrected chi connectivity index (χ2v) is 6.27. The molecule has 10 nitrogen and oxygen atoms in total. The second kappa shape index (κ2) is 8.25. The van der Waals surface area contributed by atoms with Crippen molar-refractivity contribution in [1.82, 2.24) is 5.43 Å². The average molecular weight is 382 g/mol. The third kappa shape index (κ3) is 4.11. The van der Waals surface area contributed by atoms with Gasteiger partial charge in [0.15, 0.2) is 0 Å². The average Bonchev–Trinajstić information content (AvgIpc) is 2.69. The number of hydrogen-bond donors (Lipinski definition) is 2. The van der Waals surface area contributed by atoms with Gasteiger partial charge in [-0.15, -0.1) is 0 Å². The van der Waals surface area contributed by atoms with Crippen molar-refractivity contribution in [3.8, 4) is 0 Å². The van der Waals surface area contributed by atoms with Crippen LogP contribution in [-0.2, 0) is 0 Å². The molecular weight excluding hydrogens is 364 g/mol. The van der Waals surface area contributed by atoms with Gasteiger partial charge in [0.1, 0.15) is 5.56 Å². The molecule has 3 rings (SSSR count). The van der Waals surface area contributed by atoms with E-state index in [4.69, 9.17) is 0 Å². The zero-order valence-electron chi connectivity index (χ0n) is 15.0. The van der Waals surface area contributed by atoms with Crippen LogP contribution in [0, 0.1) is 26.1 Å². The Morgan fingerprint density at radius 3 is 2.36 bits per heavy atom. The van der Waals surface area contributed by atoms with Gasteiger partial charge in [0.05, 0.1) is 27.5 Å². The van der Waals surface area contributed by atoms with Gasteiger partial charge in [-0.2, -0.15) is 10.2 Å². The molecule has 0 aromatic heterocycles. The standard InChI is InChI=1S/C18H18N6O4/c1-12-9-10-19-22-18(12)13-5-7-14(8-6-13)21-20-11-15-16(23(25)26)3-2-4-17(15)24(27)28/h2-8,11-12,19,21H,9-10H2,1H3. The van der Waals surface area contributed by atoms with Crippen LogP contribution in [0.4, 0.5) is 17.1 Å². The van der Waals surface area contributed by atoms with E-state index in [1.54, 1.807) is 12.1 Å².